The second kappa shape index (κ2) is 6.84. The summed E-state index contributed by atoms with van der Waals surface area (Å²) >= 11 is 0. The van der Waals surface area contributed by atoms with Gasteiger partial charge < -0.3 is 11.1 Å². The summed E-state index contributed by atoms with van der Waals surface area (Å²) in [6, 6.07) is 6.64. The lowest BCUT2D eigenvalue weighted by Crippen LogP contribution is -2.39. The molecule has 0 spiro atoms. The van der Waals surface area contributed by atoms with E-state index in [4.69, 9.17) is 5.73 Å². The molecule has 0 radical (unpaired) electrons. The van der Waals surface area contributed by atoms with Gasteiger partial charge in [-0.3, -0.25) is 4.79 Å². The minimum Gasteiger partial charge on any atom is -0.355 e. The standard InChI is InChI=1S/C16H23FN2O/c1-11(7-12-3-2-4-14(17)9-12)8-16(20)19-10-15(18)13-5-6-13/h2-4,9,11,13,15H,5-8,10,18H2,1H3,(H,19,20). The van der Waals surface area contributed by atoms with Crippen molar-refractivity contribution >= 4 is 5.91 Å². The Bertz CT molecular complexity index is 460. The summed E-state index contributed by atoms with van der Waals surface area (Å²) in [7, 11) is 0. The van der Waals surface area contributed by atoms with Crippen molar-refractivity contribution in [3.63, 3.8) is 0 Å². The van der Waals surface area contributed by atoms with Crippen molar-refractivity contribution in [2.24, 2.45) is 17.6 Å². The minimum atomic E-state index is -0.227. The van der Waals surface area contributed by atoms with Gasteiger partial charge in [0.05, 0.1) is 0 Å². The molecule has 1 aliphatic rings. The molecule has 0 bridgehead atoms. The number of halogens is 1. The van der Waals surface area contributed by atoms with Crippen molar-refractivity contribution in [1.82, 2.24) is 5.32 Å². The monoisotopic (exact) mass is 278 g/mol. The first-order chi connectivity index (χ1) is 9.54. The zero-order valence-corrected chi connectivity index (χ0v) is 11.9. The highest BCUT2D eigenvalue weighted by molar-refractivity contribution is 5.76. The maximum absolute atomic E-state index is 13.1. The number of carbonyl (C=O) groups excluding carboxylic acids is 1. The molecule has 2 unspecified atom stereocenters. The van der Waals surface area contributed by atoms with Crippen LogP contribution in [0.3, 0.4) is 0 Å². The molecular weight excluding hydrogens is 255 g/mol. The molecule has 0 heterocycles. The fourth-order valence-corrected chi connectivity index (χ4v) is 2.45. The number of amides is 1. The van der Waals surface area contributed by atoms with Gasteiger partial charge in [0.1, 0.15) is 5.82 Å². The molecular formula is C16H23FN2O. The molecule has 2 rings (SSSR count). The smallest absolute Gasteiger partial charge is 0.220 e. The summed E-state index contributed by atoms with van der Waals surface area (Å²) < 4.78 is 13.1. The zero-order valence-electron chi connectivity index (χ0n) is 11.9. The first-order valence-corrected chi connectivity index (χ1v) is 7.31. The molecule has 1 aliphatic carbocycles. The van der Waals surface area contributed by atoms with Crippen molar-refractivity contribution in [2.45, 2.75) is 38.6 Å². The Morgan fingerprint density at radius 2 is 2.25 bits per heavy atom. The Morgan fingerprint density at radius 3 is 2.90 bits per heavy atom. The van der Waals surface area contributed by atoms with Gasteiger partial charge in [-0.05, 0) is 48.8 Å². The SMILES string of the molecule is CC(CC(=O)NCC(N)C1CC1)Cc1cccc(F)c1. The third-order valence-electron chi connectivity index (χ3n) is 3.77. The van der Waals surface area contributed by atoms with E-state index in [1.165, 1.54) is 25.0 Å². The lowest BCUT2D eigenvalue weighted by molar-refractivity contribution is -0.121. The second-order valence-corrected chi connectivity index (χ2v) is 5.95. The highest BCUT2D eigenvalue weighted by Gasteiger charge is 2.28. The van der Waals surface area contributed by atoms with Gasteiger partial charge in [-0.2, -0.15) is 0 Å². The number of nitrogens with two attached hydrogens (primary N) is 1. The molecule has 20 heavy (non-hydrogen) atoms. The molecule has 110 valence electrons. The fraction of sp³-hybridized carbons (Fsp3) is 0.562. The molecule has 1 aromatic rings. The third-order valence-corrected chi connectivity index (χ3v) is 3.77. The second-order valence-electron chi connectivity index (χ2n) is 5.95. The van der Waals surface area contributed by atoms with Gasteiger partial charge in [-0.25, -0.2) is 4.39 Å². The third kappa shape index (κ3) is 4.93. The number of benzene rings is 1. The van der Waals surface area contributed by atoms with Crippen LogP contribution in [0.4, 0.5) is 4.39 Å². The van der Waals surface area contributed by atoms with Gasteiger partial charge in [0.2, 0.25) is 5.91 Å². The topological polar surface area (TPSA) is 55.1 Å². The van der Waals surface area contributed by atoms with E-state index in [0.717, 1.165) is 5.56 Å². The quantitative estimate of drug-likeness (QED) is 0.803. The largest absolute Gasteiger partial charge is 0.355 e. The average Bonchev–Trinajstić information content (AvgIpc) is 3.20. The molecule has 4 heteroatoms. The summed E-state index contributed by atoms with van der Waals surface area (Å²) in [5, 5.41) is 2.89. The van der Waals surface area contributed by atoms with E-state index in [2.05, 4.69) is 5.32 Å². The number of hydrogen-bond donors (Lipinski definition) is 2. The Balaban J connectivity index is 1.70. The van der Waals surface area contributed by atoms with Gasteiger partial charge in [0, 0.05) is 19.0 Å². The lowest BCUT2D eigenvalue weighted by Gasteiger charge is -2.14. The summed E-state index contributed by atoms with van der Waals surface area (Å²) in [5.41, 5.74) is 6.87. The maximum atomic E-state index is 13.1. The number of nitrogens with one attached hydrogen (secondary N) is 1. The van der Waals surface area contributed by atoms with Crippen LogP contribution in [0.2, 0.25) is 0 Å². The van der Waals surface area contributed by atoms with Gasteiger partial charge in [-0.1, -0.05) is 19.1 Å². The van der Waals surface area contributed by atoms with Crippen LogP contribution in [-0.4, -0.2) is 18.5 Å². The van der Waals surface area contributed by atoms with Gasteiger partial charge in [0.25, 0.3) is 0 Å². The molecule has 0 aromatic heterocycles. The number of rotatable bonds is 7. The van der Waals surface area contributed by atoms with Gasteiger partial charge >= 0.3 is 0 Å². The van der Waals surface area contributed by atoms with Crippen LogP contribution in [0, 0.1) is 17.7 Å². The molecule has 0 saturated heterocycles. The zero-order chi connectivity index (χ0) is 14.5. The average molecular weight is 278 g/mol. The van der Waals surface area contributed by atoms with E-state index in [9.17, 15) is 9.18 Å². The Hall–Kier alpha value is -1.42. The first kappa shape index (κ1) is 15.0. The molecule has 3 nitrogen and oxygen atoms in total. The molecule has 1 aromatic carbocycles. The minimum absolute atomic E-state index is 0.0324. The van der Waals surface area contributed by atoms with Gasteiger partial charge in [-0.15, -0.1) is 0 Å². The van der Waals surface area contributed by atoms with Crippen molar-refractivity contribution in [3.8, 4) is 0 Å². The Kier molecular flexibility index (Phi) is 5.12. The summed E-state index contributed by atoms with van der Waals surface area (Å²) in [6.45, 7) is 2.57. The first-order valence-electron chi connectivity index (χ1n) is 7.31. The van der Waals surface area contributed by atoms with E-state index >= 15 is 0 Å². The number of hydrogen-bond acceptors (Lipinski definition) is 2. The van der Waals surface area contributed by atoms with Crippen LogP contribution < -0.4 is 11.1 Å². The predicted octanol–water partition coefficient (Wildman–Crippen LogP) is 2.25. The highest BCUT2D eigenvalue weighted by Crippen LogP contribution is 2.31. The fourth-order valence-electron chi connectivity index (χ4n) is 2.45. The van der Waals surface area contributed by atoms with Crippen molar-refractivity contribution in [1.29, 1.82) is 0 Å². The Labute approximate surface area is 119 Å². The van der Waals surface area contributed by atoms with E-state index in [0.29, 0.717) is 25.3 Å². The molecule has 1 fully saturated rings. The maximum Gasteiger partial charge on any atom is 0.220 e. The molecule has 3 N–H and O–H groups in total. The number of carbonyl (C=O) groups is 1. The van der Waals surface area contributed by atoms with Crippen molar-refractivity contribution < 1.29 is 9.18 Å². The van der Waals surface area contributed by atoms with Gasteiger partial charge in [0.15, 0.2) is 0 Å². The summed E-state index contributed by atoms with van der Waals surface area (Å²) in [6.07, 6.45) is 3.54. The van der Waals surface area contributed by atoms with Crippen LogP contribution in [-0.2, 0) is 11.2 Å². The van der Waals surface area contributed by atoms with Crippen LogP contribution in [0.1, 0.15) is 31.7 Å². The highest BCUT2D eigenvalue weighted by atomic mass is 19.1. The van der Waals surface area contributed by atoms with E-state index in [1.807, 2.05) is 13.0 Å². The normalized spacial score (nSPS) is 17.6. The Morgan fingerprint density at radius 1 is 1.50 bits per heavy atom. The van der Waals surface area contributed by atoms with Crippen molar-refractivity contribution in [2.75, 3.05) is 6.54 Å². The molecule has 1 saturated carbocycles. The van der Waals surface area contributed by atoms with Crippen LogP contribution in [0.15, 0.2) is 24.3 Å². The molecule has 0 aliphatic heterocycles. The molecule has 2 atom stereocenters. The van der Waals surface area contributed by atoms with E-state index in [1.54, 1.807) is 6.07 Å². The summed E-state index contributed by atoms with van der Waals surface area (Å²) in [5.74, 6) is 0.591. The summed E-state index contributed by atoms with van der Waals surface area (Å²) in [4.78, 5) is 11.8. The lowest BCUT2D eigenvalue weighted by atomic mass is 9.97. The van der Waals surface area contributed by atoms with Crippen molar-refractivity contribution in [3.05, 3.63) is 35.6 Å². The predicted molar refractivity (Wildman–Crippen MR) is 77.6 cm³/mol. The van der Waals surface area contributed by atoms with Crippen LogP contribution >= 0.6 is 0 Å². The van der Waals surface area contributed by atoms with Crippen LogP contribution in [0.25, 0.3) is 0 Å². The van der Waals surface area contributed by atoms with E-state index in [-0.39, 0.29) is 23.7 Å². The van der Waals surface area contributed by atoms with E-state index < -0.39 is 0 Å². The van der Waals surface area contributed by atoms with Crippen LogP contribution in [0.5, 0.6) is 0 Å². The molecule has 1 amide bonds.